The predicted octanol–water partition coefficient (Wildman–Crippen LogP) is 4.50. The van der Waals surface area contributed by atoms with Crippen molar-refractivity contribution in [3.8, 4) is 0 Å². The van der Waals surface area contributed by atoms with Crippen LogP contribution in [0.4, 0.5) is 4.79 Å². The van der Waals surface area contributed by atoms with Crippen LogP contribution in [0.15, 0.2) is 59.8 Å². The van der Waals surface area contributed by atoms with E-state index in [0.29, 0.717) is 32.4 Å². The standard InChI is InChI=1S/C18H14Cl2N2O2/c1-10-15(17(23)11-5-3-2-4-6-11)16(22-18(24)21-10)12-7-8-13(19)14(20)9-12/h2-9,16H,1H3,(H2,21,22,24)/t16-/m1/s1. The van der Waals surface area contributed by atoms with Gasteiger partial charge in [-0.15, -0.1) is 0 Å². The van der Waals surface area contributed by atoms with E-state index in [1.54, 1.807) is 49.4 Å². The molecule has 2 N–H and O–H groups in total. The number of ketones is 1. The van der Waals surface area contributed by atoms with Crippen LogP contribution in [-0.4, -0.2) is 11.8 Å². The molecule has 0 aliphatic carbocycles. The smallest absolute Gasteiger partial charge is 0.319 e. The van der Waals surface area contributed by atoms with Crippen LogP contribution in [-0.2, 0) is 0 Å². The molecule has 2 aromatic rings. The van der Waals surface area contributed by atoms with Crippen molar-refractivity contribution in [2.45, 2.75) is 13.0 Å². The predicted molar refractivity (Wildman–Crippen MR) is 94.3 cm³/mol. The lowest BCUT2D eigenvalue weighted by molar-refractivity contribution is 0.102. The van der Waals surface area contributed by atoms with E-state index >= 15 is 0 Å². The molecular formula is C18H14Cl2N2O2. The second-order valence-corrected chi connectivity index (χ2v) is 6.25. The summed E-state index contributed by atoms with van der Waals surface area (Å²) in [5.74, 6) is -0.156. The number of carbonyl (C=O) groups excluding carboxylic acids is 2. The third kappa shape index (κ3) is 3.16. The first kappa shape index (κ1) is 16.6. The Labute approximate surface area is 149 Å². The van der Waals surface area contributed by atoms with Crippen molar-refractivity contribution in [2.24, 2.45) is 0 Å². The number of urea groups is 1. The molecule has 24 heavy (non-hydrogen) atoms. The van der Waals surface area contributed by atoms with Gasteiger partial charge in [0, 0.05) is 16.8 Å². The molecule has 0 saturated heterocycles. The van der Waals surface area contributed by atoms with Crippen LogP contribution in [0.3, 0.4) is 0 Å². The molecule has 1 aliphatic heterocycles. The van der Waals surface area contributed by atoms with Crippen molar-refractivity contribution < 1.29 is 9.59 Å². The molecule has 0 radical (unpaired) electrons. The minimum atomic E-state index is -0.596. The SMILES string of the molecule is CC1=C(C(=O)c2ccccc2)[C@@H](c2ccc(Cl)c(Cl)c2)NC(=O)N1. The fourth-order valence-electron chi connectivity index (χ4n) is 2.68. The summed E-state index contributed by atoms with van der Waals surface area (Å²) in [4.78, 5) is 24.8. The van der Waals surface area contributed by atoms with Crippen LogP contribution in [0, 0.1) is 0 Å². The first-order valence-electron chi connectivity index (χ1n) is 7.30. The van der Waals surface area contributed by atoms with Gasteiger partial charge in [-0.3, -0.25) is 4.79 Å². The zero-order chi connectivity index (χ0) is 17.3. The van der Waals surface area contributed by atoms with E-state index in [1.165, 1.54) is 0 Å². The van der Waals surface area contributed by atoms with E-state index < -0.39 is 6.04 Å². The van der Waals surface area contributed by atoms with Crippen LogP contribution in [0.25, 0.3) is 0 Å². The summed E-state index contributed by atoms with van der Waals surface area (Å²) in [6.45, 7) is 1.71. The number of rotatable bonds is 3. The normalized spacial score (nSPS) is 17.3. The van der Waals surface area contributed by atoms with Crippen LogP contribution < -0.4 is 10.6 Å². The van der Waals surface area contributed by atoms with E-state index in [0.717, 1.165) is 0 Å². The number of hydrogen-bond acceptors (Lipinski definition) is 2. The fourth-order valence-corrected chi connectivity index (χ4v) is 2.99. The van der Waals surface area contributed by atoms with Gasteiger partial charge in [-0.05, 0) is 24.6 Å². The van der Waals surface area contributed by atoms with Crippen molar-refractivity contribution in [1.29, 1.82) is 0 Å². The maximum absolute atomic E-state index is 12.9. The minimum Gasteiger partial charge on any atom is -0.327 e. The van der Waals surface area contributed by atoms with Crippen LogP contribution in [0.1, 0.15) is 28.9 Å². The Bertz CT molecular complexity index is 847. The lowest BCUT2D eigenvalue weighted by Crippen LogP contribution is -2.45. The molecule has 0 bridgehead atoms. The highest BCUT2D eigenvalue weighted by molar-refractivity contribution is 6.42. The van der Waals surface area contributed by atoms with Gasteiger partial charge >= 0.3 is 6.03 Å². The first-order chi connectivity index (χ1) is 11.5. The Morgan fingerprint density at radius 3 is 2.42 bits per heavy atom. The van der Waals surface area contributed by atoms with Crippen molar-refractivity contribution in [2.75, 3.05) is 0 Å². The Kier molecular flexibility index (Phi) is 4.60. The van der Waals surface area contributed by atoms with Gasteiger partial charge < -0.3 is 10.6 Å². The molecule has 122 valence electrons. The monoisotopic (exact) mass is 360 g/mol. The summed E-state index contributed by atoms with van der Waals surface area (Å²) < 4.78 is 0. The molecule has 0 unspecified atom stereocenters. The lowest BCUT2D eigenvalue weighted by atomic mass is 9.89. The van der Waals surface area contributed by atoms with Crippen LogP contribution in [0.5, 0.6) is 0 Å². The van der Waals surface area contributed by atoms with Gasteiger partial charge in [-0.2, -0.15) is 0 Å². The van der Waals surface area contributed by atoms with Crippen molar-refractivity contribution in [3.63, 3.8) is 0 Å². The van der Waals surface area contributed by atoms with Gasteiger partial charge in [-0.25, -0.2) is 4.79 Å². The van der Waals surface area contributed by atoms with E-state index in [2.05, 4.69) is 10.6 Å². The Balaban J connectivity index is 2.08. The highest BCUT2D eigenvalue weighted by Gasteiger charge is 2.31. The van der Waals surface area contributed by atoms with Gasteiger partial charge in [0.1, 0.15) is 0 Å². The average molecular weight is 361 g/mol. The highest BCUT2D eigenvalue weighted by Crippen LogP contribution is 2.32. The first-order valence-corrected chi connectivity index (χ1v) is 8.06. The topological polar surface area (TPSA) is 58.2 Å². The third-order valence-electron chi connectivity index (χ3n) is 3.83. The molecule has 0 aromatic heterocycles. The second-order valence-electron chi connectivity index (χ2n) is 5.44. The summed E-state index contributed by atoms with van der Waals surface area (Å²) in [5, 5.41) is 6.22. The third-order valence-corrected chi connectivity index (χ3v) is 4.57. The van der Waals surface area contributed by atoms with Crippen LogP contribution in [0.2, 0.25) is 10.0 Å². The molecule has 0 saturated carbocycles. The van der Waals surface area contributed by atoms with Crippen molar-refractivity contribution >= 4 is 35.0 Å². The molecule has 6 heteroatoms. The molecule has 1 atom stereocenters. The number of benzene rings is 2. The maximum atomic E-state index is 12.9. The summed E-state index contributed by atoms with van der Waals surface area (Å²) in [6.07, 6.45) is 0. The zero-order valence-corrected chi connectivity index (χ0v) is 14.3. The van der Waals surface area contributed by atoms with Crippen molar-refractivity contribution in [1.82, 2.24) is 10.6 Å². The number of hydrogen-bond donors (Lipinski definition) is 2. The summed E-state index contributed by atoms with van der Waals surface area (Å²) in [7, 11) is 0. The fraction of sp³-hybridized carbons (Fsp3) is 0.111. The van der Waals surface area contributed by atoms with Gasteiger partial charge in [-0.1, -0.05) is 59.6 Å². The van der Waals surface area contributed by atoms with Crippen molar-refractivity contribution in [3.05, 3.63) is 81.0 Å². The van der Waals surface area contributed by atoms with E-state index in [1.807, 2.05) is 6.07 Å². The van der Waals surface area contributed by atoms with Gasteiger partial charge in [0.2, 0.25) is 0 Å². The zero-order valence-electron chi connectivity index (χ0n) is 12.8. The Morgan fingerprint density at radius 2 is 1.75 bits per heavy atom. The Morgan fingerprint density at radius 1 is 1.04 bits per heavy atom. The molecule has 1 heterocycles. The van der Waals surface area contributed by atoms with Gasteiger partial charge in [0.25, 0.3) is 0 Å². The van der Waals surface area contributed by atoms with Gasteiger partial charge in [0.15, 0.2) is 5.78 Å². The van der Waals surface area contributed by atoms with E-state index in [-0.39, 0.29) is 11.8 Å². The van der Waals surface area contributed by atoms with E-state index in [9.17, 15) is 9.59 Å². The second kappa shape index (κ2) is 6.67. The molecule has 0 spiro atoms. The maximum Gasteiger partial charge on any atom is 0.319 e. The molecule has 2 amide bonds. The number of nitrogens with one attached hydrogen (secondary N) is 2. The number of amides is 2. The number of carbonyl (C=O) groups is 2. The molecule has 0 fully saturated rings. The highest BCUT2D eigenvalue weighted by atomic mass is 35.5. The van der Waals surface area contributed by atoms with Gasteiger partial charge in [0.05, 0.1) is 16.1 Å². The molecule has 1 aliphatic rings. The molecular weight excluding hydrogens is 347 g/mol. The number of allylic oxidation sites excluding steroid dienone is 1. The Hall–Kier alpha value is -2.30. The molecule has 3 rings (SSSR count). The quantitative estimate of drug-likeness (QED) is 0.791. The number of Topliss-reactive ketones (excluding diaryl/α,β-unsaturated/α-hetero) is 1. The van der Waals surface area contributed by atoms with Crippen LogP contribution >= 0.6 is 23.2 Å². The minimum absolute atomic E-state index is 0.156. The van der Waals surface area contributed by atoms with E-state index in [4.69, 9.17) is 23.2 Å². The summed E-state index contributed by atoms with van der Waals surface area (Å²) in [5.41, 5.74) is 2.23. The molecule has 4 nitrogen and oxygen atoms in total. The average Bonchev–Trinajstić information content (AvgIpc) is 2.57. The molecule has 2 aromatic carbocycles. The largest absolute Gasteiger partial charge is 0.327 e. The summed E-state index contributed by atoms with van der Waals surface area (Å²) >= 11 is 12.1. The number of halogens is 2. The lowest BCUT2D eigenvalue weighted by Gasteiger charge is -2.29. The summed E-state index contributed by atoms with van der Waals surface area (Å²) in [6, 6.07) is 13.0.